The van der Waals surface area contributed by atoms with Crippen molar-refractivity contribution in [3.8, 4) is 23.6 Å². The molecule has 0 spiro atoms. The number of allylic oxidation sites excluding steroid dienone is 1. The minimum atomic E-state index is -0.703. The number of thiazole rings is 1. The highest BCUT2D eigenvalue weighted by Gasteiger charge is 2.32. The predicted molar refractivity (Wildman–Crippen MR) is 150 cm³/mol. The van der Waals surface area contributed by atoms with Crippen molar-refractivity contribution in [3.05, 3.63) is 84.8 Å². The largest absolute Gasteiger partial charge is 0.493 e. The number of hydrogen-bond donors (Lipinski definition) is 1. The number of ether oxygens (including phenoxy) is 2. The maximum Gasteiger partial charge on any atom is 0.274 e. The maximum absolute atomic E-state index is 13.4. The number of nitrogens with two attached hydrogens (primary N) is 1. The van der Waals surface area contributed by atoms with Crippen molar-refractivity contribution in [2.75, 3.05) is 13.2 Å². The van der Waals surface area contributed by atoms with Gasteiger partial charge in [-0.3, -0.25) is 9.36 Å². The zero-order chi connectivity index (χ0) is 27.4. The lowest BCUT2D eigenvalue weighted by atomic mass is 9.84. The number of nitrogens with zero attached hydrogens (tertiary/aromatic N) is 3. The lowest BCUT2D eigenvalue weighted by Gasteiger charge is -2.22. The van der Waals surface area contributed by atoms with E-state index in [2.05, 4.69) is 39.8 Å². The van der Waals surface area contributed by atoms with Gasteiger partial charge < -0.3 is 15.2 Å². The number of rotatable bonds is 8. The van der Waals surface area contributed by atoms with Crippen molar-refractivity contribution in [3.63, 3.8) is 0 Å². The monoisotopic (exact) mass is 526 g/mol. The Hall–Kier alpha value is -4.27. The average molecular weight is 527 g/mol. The molecule has 1 unspecified atom stereocenters. The van der Waals surface area contributed by atoms with Gasteiger partial charge in [0.05, 0.1) is 46.9 Å². The Labute approximate surface area is 226 Å². The molecule has 1 aromatic heterocycles. The number of aromatic nitrogens is 1. The van der Waals surface area contributed by atoms with Gasteiger partial charge in [-0.1, -0.05) is 52.0 Å². The third kappa shape index (κ3) is 5.51. The Morgan fingerprint density at radius 1 is 0.974 bits per heavy atom. The molecule has 2 aromatic carbocycles. The molecule has 1 aliphatic heterocycles. The fourth-order valence-corrected chi connectivity index (χ4v) is 5.27. The van der Waals surface area contributed by atoms with Gasteiger partial charge in [0.25, 0.3) is 5.56 Å². The molecule has 1 atom stereocenters. The minimum Gasteiger partial charge on any atom is -0.493 e. The van der Waals surface area contributed by atoms with Gasteiger partial charge in [0.1, 0.15) is 22.0 Å². The van der Waals surface area contributed by atoms with E-state index in [0.717, 1.165) is 5.56 Å². The van der Waals surface area contributed by atoms with Crippen LogP contribution in [-0.4, -0.2) is 17.8 Å². The summed E-state index contributed by atoms with van der Waals surface area (Å²) in [5, 5.41) is 20.3. The molecule has 0 saturated carbocycles. The molecule has 0 bridgehead atoms. The lowest BCUT2D eigenvalue weighted by Crippen LogP contribution is -2.38. The van der Waals surface area contributed by atoms with Crippen LogP contribution in [0.2, 0.25) is 0 Å². The number of hydrogen-bond acceptors (Lipinski definition) is 7. The van der Waals surface area contributed by atoms with Gasteiger partial charge in [0.15, 0.2) is 0 Å². The third-order valence-electron chi connectivity index (χ3n) is 5.90. The van der Waals surface area contributed by atoms with E-state index in [1.165, 1.54) is 15.9 Å². The Balaban J connectivity index is 1.86. The highest BCUT2D eigenvalue weighted by atomic mass is 32.1. The molecule has 4 rings (SSSR count). The van der Waals surface area contributed by atoms with E-state index in [0.29, 0.717) is 56.9 Å². The molecule has 0 fully saturated rings. The fourth-order valence-electron chi connectivity index (χ4n) is 4.14. The molecule has 0 amide bonds. The first-order valence-corrected chi connectivity index (χ1v) is 13.3. The van der Waals surface area contributed by atoms with Crippen molar-refractivity contribution in [1.29, 1.82) is 10.5 Å². The first kappa shape index (κ1) is 26.8. The molecule has 0 aliphatic carbocycles. The summed E-state index contributed by atoms with van der Waals surface area (Å²) in [6, 6.07) is 19.2. The maximum atomic E-state index is 13.4. The summed E-state index contributed by atoms with van der Waals surface area (Å²) in [5.41, 5.74) is 8.00. The molecule has 0 radical (unpaired) electrons. The Morgan fingerprint density at radius 3 is 2.18 bits per heavy atom. The second-order valence-electron chi connectivity index (χ2n) is 9.98. The van der Waals surface area contributed by atoms with Crippen molar-refractivity contribution >= 4 is 28.8 Å². The molecule has 2 heterocycles. The molecule has 7 nitrogen and oxygen atoms in total. The normalized spacial score (nSPS) is 15.4. The van der Waals surface area contributed by atoms with E-state index in [1.807, 2.05) is 48.5 Å². The summed E-state index contributed by atoms with van der Waals surface area (Å²) in [4.78, 5) is 13.4. The van der Waals surface area contributed by atoms with Gasteiger partial charge in [-0.05, 0) is 53.3 Å². The first-order valence-electron chi connectivity index (χ1n) is 12.5. The molecule has 1 aliphatic rings. The van der Waals surface area contributed by atoms with Crippen LogP contribution in [0.3, 0.4) is 0 Å². The van der Waals surface area contributed by atoms with E-state index in [-0.39, 0.29) is 17.0 Å². The van der Waals surface area contributed by atoms with E-state index in [1.54, 1.807) is 6.08 Å². The Bertz CT molecular complexity index is 1650. The molecule has 8 heteroatoms. The summed E-state index contributed by atoms with van der Waals surface area (Å²) in [7, 11) is 0. The van der Waals surface area contributed by atoms with Crippen LogP contribution in [0.15, 0.2) is 58.9 Å². The van der Waals surface area contributed by atoms with Crippen LogP contribution in [-0.2, 0) is 0 Å². The number of fused-ring (bicyclic) bond motifs is 1. The molecule has 38 heavy (non-hydrogen) atoms. The zero-order valence-corrected chi connectivity index (χ0v) is 22.7. The summed E-state index contributed by atoms with van der Waals surface area (Å²) >= 11 is 1.19. The highest BCUT2D eigenvalue weighted by Crippen LogP contribution is 2.36. The molecule has 0 saturated heterocycles. The Morgan fingerprint density at radius 2 is 1.58 bits per heavy atom. The van der Waals surface area contributed by atoms with E-state index in [4.69, 9.17) is 15.2 Å². The minimum absolute atomic E-state index is 0.0370. The number of nitriles is 2. The van der Waals surface area contributed by atoms with Crippen LogP contribution in [0.1, 0.15) is 44.7 Å². The van der Waals surface area contributed by atoms with E-state index < -0.39 is 5.92 Å². The Kier molecular flexibility index (Phi) is 8.05. The molecular weight excluding hydrogens is 496 g/mol. The summed E-state index contributed by atoms with van der Waals surface area (Å²) in [6.07, 6.45) is 1.75. The molecule has 194 valence electrons. The second kappa shape index (κ2) is 11.4. The first-order chi connectivity index (χ1) is 18.2. The summed E-state index contributed by atoms with van der Waals surface area (Å²) in [6.45, 7) is 9.40. The van der Waals surface area contributed by atoms with Gasteiger partial charge in [0, 0.05) is 0 Å². The van der Waals surface area contributed by atoms with Gasteiger partial charge in [-0.15, -0.1) is 11.3 Å². The fraction of sp³-hybridized carbons (Fsp3) is 0.300. The van der Waals surface area contributed by atoms with Crippen LogP contribution in [0, 0.1) is 34.5 Å². The SMILES string of the molecule is CC(C)COc1cccc(C=c2sc3n(c2=O)C(N)=C(C#N)C(c2cccc(OCC(C)C)c2)C=3C#N)c1. The van der Waals surface area contributed by atoms with Crippen LogP contribution in [0.4, 0.5) is 0 Å². The van der Waals surface area contributed by atoms with E-state index in [9.17, 15) is 15.3 Å². The van der Waals surface area contributed by atoms with Crippen molar-refractivity contribution < 1.29 is 9.47 Å². The smallest absolute Gasteiger partial charge is 0.274 e. The van der Waals surface area contributed by atoms with Gasteiger partial charge >= 0.3 is 0 Å². The topological polar surface area (TPSA) is 114 Å². The standard InChI is InChI=1S/C30H30N4O3S/c1-18(2)16-36-22-9-5-7-20(11-22)12-26-29(35)34-28(33)24(14-31)27(25(15-32)30(34)38-26)21-8-6-10-23(13-21)37-17-19(3)4/h5-13,18-19,27H,16-17,33H2,1-4H3. The van der Waals surface area contributed by atoms with Crippen LogP contribution in [0.5, 0.6) is 11.5 Å². The summed E-state index contributed by atoms with van der Waals surface area (Å²) in [5.74, 6) is 1.42. The van der Waals surface area contributed by atoms with Gasteiger partial charge in [-0.2, -0.15) is 10.5 Å². The van der Waals surface area contributed by atoms with Gasteiger partial charge in [0.2, 0.25) is 0 Å². The molecule has 2 N–H and O–H groups in total. The quantitative estimate of drug-likeness (QED) is 0.476. The van der Waals surface area contributed by atoms with Crippen molar-refractivity contribution in [2.45, 2.75) is 33.6 Å². The van der Waals surface area contributed by atoms with Crippen LogP contribution in [0.25, 0.3) is 17.5 Å². The predicted octanol–water partition coefficient (Wildman–Crippen LogP) is 3.93. The number of benzene rings is 2. The molecule has 3 aromatic rings. The second-order valence-corrected chi connectivity index (χ2v) is 11.0. The van der Waals surface area contributed by atoms with Crippen LogP contribution < -0.4 is 30.0 Å². The average Bonchev–Trinajstić information content (AvgIpc) is 3.22. The molecular formula is C30H30N4O3S. The van der Waals surface area contributed by atoms with Crippen molar-refractivity contribution in [2.24, 2.45) is 17.6 Å². The lowest BCUT2D eigenvalue weighted by molar-refractivity contribution is 0.271. The van der Waals surface area contributed by atoms with Crippen LogP contribution >= 0.6 is 11.3 Å². The summed E-state index contributed by atoms with van der Waals surface area (Å²) < 4.78 is 13.8. The highest BCUT2D eigenvalue weighted by molar-refractivity contribution is 7.07. The van der Waals surface area contributed by atoms with E-state index >= 15 is 0 Å². The third-order valence-corrected chi connectivity index (χ3v) is 7.01. The van der Waals surface area contributed by atoms with Gasteiger partial charge in [-0.25, -0.2) is 0 Å². The zero-order valence-electron chi connectivity index (χ0n) is 21.9. The van der Waals surface area contributed by atoms with Crippen molar-refractivity contribution in [1.82, 2.24) is 4.57 Å².